The van der Waals surface area contributed by atoms with Gasteiger partial charge in [-0.1, -0.05) is 35.3 Å². The third-order valence-electron chi connectivity index (χ3n) is 4.72. The molecule has 34 heavy (non-hydrogen) atoms. The van der Waals surface area contributed by atoms with Gasteiger partial charge >= 0.3 is 5.97 Å². The van der Waals surface area contributed by atoms with Crippen LogP contribution in [0.5, 0.6) is 11.5 Å². The van der Waals surface area contributed by atoms with Crippen LogP contribution in [-0.2, 0) is 11.3 Å². The van der Waals surface area contributed by atoms with Gasteiger partial charge in [0.15, 0.2) is 11.5 Å². The monoisotopic (exact) mass is 597 g/mol. The summed E-state index contributed by atoms with van der Waals surface area (Å²) in [5.41, 5.74) is 1.07. The molecule has 174 valence electrons. The van der Waals surface area contributed by atoms with Gasteiger partial charge in [-0.25, -0.2) is 4.79 Å². The molecule has 1 saturated heterocycles. The zero-order valence-electron chi connectivity index (χ0n) is 17.3. The summed E-state index contributed by atoms with van der Waals surface area (Å²) in [6, 6.07) is 11.7. The summed E-state index contributed by atoms with van der Waals surface area (Å²) in [5.74, 6) is -0.484. The van der Waals surface area contributed by atoms with Gasteiger partial charge in [-0.05, 0) is 75.0 Å². The molecule has 2 amide bonds. The molecule has 6 nitrogen and oxygen atoms in total. The SMILES string of the molecule is COc1cc(/C=C2\SC(=O)N(Cc3c(Cl)cccc3Cl)C2=O)cc(Br)c1OC(=O)c1cccs1. The van der Waals surface area contributed by atoms with Crippen LogP contribution in [0.2, 0.25) is 10.0 Å². The van der Waals surface area contributed by atoms with Gasteiger partial charge < -0.3 is 9.47 Å². The smallest absolute Gasteiger partial charge is 0.353 e. The van der Waals surface area contributed by atoms with Crippen LogP contribution in [0.25, 0.3) is 6.08 Å². The zero-order chi connectivity index (χ0) is 24.4. The number of thioether (sulfide) groups is 1. The van der Waals surface area contributed by atoms with Crippen molar-refractivity contribution in [1.29, 1.82) is 0 Å². The number of esters is 1. The Hall–Kier alpha value is -2.30. The number of hydrogen-bond acceptors (Lipinski definition) is 7. The minimum atomic E-state index is -0.513. The highest BCUT2D eigenvalue weighted by molar-refractivity contribution is 9.10. The van der Waals surface area contributed by atoms with Crippen LogP contribution >= 0.6 is 62.2 Å². The minimum Gasteiger partial charge on any atom is -0.493 e. The third kappa shape index (κ3) is 5.18. The fourth-order valence-electron chi connectivity index (χ4n) is 3.09. The van der Waals surface area contributed by atoms with Gasteiger partial charge in [-0.3, -0.25) is 14.5 Å². The lowest BCUT2D eigenvalue weighted by molar-refractivity contribution is -0.123. The maximum atomic E-state index is 12.9. The molecule has 0 radical (unpaired) electrons. The average Bonchev–Trinajstić information content (AvgIpc) is 3.42. The van der Waals surface area contributed by atoms with Crippen LogP contribution < -0.4 is 9.47 Å². The molecular formula is C23H14BrCl2NO5S2. The largest absolute Gasteiger partial charge is 0.493 e. The second-order valence-corrected chi connectivity index (χ2v) is 10.5. The molecule has 1 aliphatic rings. The number of halogens is 3. The molecule has 4 rings (SSSR count). The molecule has 0 saturated carbocycles. The molecule has 0 unspecified atom stereocenters. The van der Waals surface area contributed by atoms with E-state index in [1.165, 1.54) is 18.4 Å². The Morgan fingerprint density at radius 2 is 1.88 bits per heavy atom. The van der Waals surface area contributed by atoms with Crippen molar-refractivity contribution in [3.63, 3.8) is 0 Å². The molecule has 0 bridgehead atoms. The van der Waals surface area contributed by atoms with E-state index in [-0.39, 0.29) is 22.9 Å². The molecule has 2 heterocycles. The van der Waals surface area contributed by atoms with E-state index < -0.39 is 17.1 Å². The van der Waals surface area contributed by atoms with E-state index in [0.717, 1.165) is 16.7 Å². The Morgan fingerprint density at radius 1 is 1.15 bits per heavy atom. The zero-order valence-corrected chi connectivity index (χ0v) is 22.1. The van der Waals surface area contributed by atoms with Gasteiger partial charge in [0.25, 0.3) is 11.1 Å². The first-order valence-corrected chi connectivity index (χ1v) is 12.8. The third-order valence-corrected chi connectivity index (χ3v) is 7.77. The lowest BCUT2D eigenvalue weighted by Gasteiger charge is -2.14. The number of ether oxygens (including phenoxy) is 2. The van der Waals surface area contributed by atoms with Gasteiger partial charge in [0.1, 0.15) is 4.88 Å². The van der Waals surface area contributed by atoms with E-state index in [4.69, 9.17) is 32.7 Å². The summed E-state index contributed by atoms with van der Waals surface area (Å²) >= 11 is 17.9. The average molecular weight is 599 g/mol. The van der Waals surface area contributed by atoms with Crippen molar-refractivity contribution < 1.29 is 23.9 Å². The maximum absolute atomic E-state index is 12.9. The van der Waals surface area contributed by atoms with Crippen LogP contribution in [0.3, 0.4) is 0 Å². The molecule has 0 atom stereocenters. The summed E-state index contributed by atoms with van der Waals surface area (Å²) in [5, 5.41) is 2.09. The molecule has 11 heteroatoms. The van der Waals surface area contributed by atoms with E-state index in [2.05, 4.69) is 15.9 Å². The van der Waals surface area contributed by atoms with Gasteiger partial charge in [0.05, 0.1) is 23.0 Å². The van der Waals surface area contributed by atoms with Crippen LogP contribution in [0, 0.1) is 0 Å². The van der Waals surface area contributed by atoms with Crippen LogP contribution in [0.1, 0.15) is 20.8 Å². The quantitative estimate of drug-likeness (QED) is 0.169. The predicted octanol–water partition coefficient (Wildman–Crippen LogP) is 7.28. The van der Waals surface area contributed by atoms with Gasteiger partial charge in [0, 0.05) is 15.6 Å². The molecule has 1 aliphatic heterocycles. The number of thiophene rings is 1. The summed E-state index contributed by atoms with van der Waals surface area (Å²) in [4.78, 5) is 39.6. The molecule has 0 N–H and O–H groups in total. The van der Waals surface area contributed by atoms with Crippen LogP contribution in [0.4, 0.5) is 4.79 Å². The van der Waals surface area contributed by atoms with Gasteiger partial charge in [0.2, 0.25) is 0 Å². The van der Waals surface area contributed by atoms with E-state index >= 15 is 0 Å². The number of carbonyl (C=O) groups is 3. The van der Waals surface area contributed by atoms with Crippen molar-refractivity contribution in [3.8, 4) is 11.5 Å². The lowest BCUT2D eigenvalue weighted by Crippen LogP contribution is -2.27. The summed E-state index contributed by atoms with van der Waals surface area (Å²) in [6.45, 7) is -0.0366. The van der Waals surface area contributed by atoms with E-state index in [0.29, 0.717) is 30.5 Å². The highest BCUT2D eigenvalue weighted by atomic mass is 79.9. The second kappa shape index (κ2) is 10.5. The Morgan fingerprint density at radius 3 is 2.53 bits per heavy atom. The fourth-order valence-corrected chi connectivity index (χ4v) is 5.58. The van der Waals surface area contributed by atoms with Crippen molar-refractivity contribution in [3.05, 3.63) is 83.3 Å². The molecule has 0 aliphatic carbocycles. The summed E-state index contributed by atoms with van der Waals surface area (Å²) in [7, 11) is 1.44. The van der Waals surface area contributed by atoms with E-state index in [9.17, 15) is 14.4 Å². The number of hydrogen-bond donors (Lipinski definition) is 0. The minimum absolute atomic E-state index is 0.0366. The summed E-state index contributed by atoms with van der Waals surface area (Å²) in [6.07, 6.45) is 1.57. The topological polar surface area (TPSA) is 72.9 Å². The number of carbonyl (C=O) groups excluding carboxylic acids is 3. The number of benzene rings is 2. The number of methoxy groups -OCH3 is 1. The number of nitrogens with zero attached hydrogens (tertiary/aromatic N) is 1. The van der Waals surface area contributed by atoms with Crippen LogP contribution in [-0.4, -0.2) is 29.1 Å². The lowest BCUT2D eigenvalue weighted by atomic mass is 10.1. The number of rotatable bonds is 6. The first-order valence-electron chi connectivity index (χ1n) is 9.60. The highest BCUT2D eigenvalue weighted by Gasteiger charge is 2.36. The second-order valence-electron chi connectivity index (χ2n) is 6.87. The van der Waals surface area contributed by atoms with E-state index in [1.807, 2.05) is 0 Å². The molecule has 2 aromatic carbocycles. The van der Waals surface area contributed by atoms with Crippen molar-refractivity contribution in [2.75, 3.05) is 7.11 Å². The fraction of sp³-hybridized carbons (Fsp3) is 0.0870. The molecule has 0 spiro atoms. The Labute approximate surface area is 221 Å². The van der Waals surface area contributed by atoms with Gasteiger partial charge in [-0.2, -0.15) is 0 Å². The van der Waals surface area contributed by atoms with E-state index in [1.54, 1.807) is 53.9 Å². The molecule has 1 fully saturated rings. The highest BCUT2D eigenvalue weighted by Crippen LogP contribution is 2.40. The van der Waals surface area contributed by atoms with Crippen LogP contribution in [0.15, 0.2) is 57.2 Å². The van der Waals surface area contributed by atoms with Crippen molar-refractivity contribution >= 4 is 85.4 Å². The standard InChI is InChI=1S/C23H14BrCl2NO5S2/c1-31-17-9-12(8-14(24)20(17)32-22(29)18-6-3-7-33-18)10-19-21(28)27(23(30)34-19)11-13-15(25)4-2-5-16(13)26/h2-10H,11H2,1H3/b19-10-. The van der Waals surface area contributed by atoms with Crippen molar-refractivity contribution in [2.24, 2.45) is 0 Å². The van der Waals surface area contributed by atoms with Crippen molar-refractivity contribution in [2.45, 2.75) is 6.54 Å². The Kier molecular flexibility index (Phi) is 7.69. The first-order chi connectivity index (χ1) is 16.3. The number of imide groups is 1. The maximum Gasteiger partial charge on any atom is 0.353 e. The molecule has 1 aromatic heterocycles. The molecular weight excluding hydrogens is 585 g/mol. The summed E-state index contributed by atoms with van der Waals surface area (Å²) < 4.78 is 11.3. The molecule has 3 aromatic rings. The first kappa shape index (κ1) is 24.8. The predicted molar refractivity (Wildman–Crippen MR) is 138 cm³/mol. The Bertz CT molecular complexity index is 1310. The normalized spacial score (nSPS) is 14.7. The Balaban J connectivity index is 1.59. The van der Waals surface area contributed by atoms with Gasteiger partial charge in [-0.15, -0.1) is 11.3 Å². The van der Waals surface area contributed by atoms with Crippen molar-refractivity contribution in [1.82, 2.24) is 4.90 Å². The number of amides is 2.